The maximum absolute atomic E-state index is 12.2. The molecule has 0 radical (unpaired) electrons. The van der Waals surface area contributed by atoms with E-state index in [0.717, 1.165) is 15.9 Å². The molecule has 0 aliphatic carbocycles. The van der Waals surface area contributed by atoms with Crippen LogP contribution in [-0.4, -0.2) is 31.7 Å². The third-order valence-corrected chi connectivity index (χ3v) is 5.77. The molecule has 0 aliphatic heterocycles. The SMILES string of the molecule is Cc1sc2nc(SCC(=O)c3ccc(O)c(O)c3)nc(C)c2c1C. The third-order valence-electron chi connectivity index (χ3n) is 3.82. The number of rotatable bonds is 4. The van der Waals surface area contributed by atoms with Crippen molar-refractivity contribution in [2.24, 2.45) is 0 Å². The number of fused-ring (bicyclic) bond motifs is 1. The van der Waals surface area contributed by atoms with Crippen molar-refractivity contribution in [3.63, 3.8) is 0 Å². The Morgan fingerprint density at radius 1 is 1.17 bits per heavy atom. The van der Waals surface area contributed by atoms with Crippen LogP contribution in [0.25, 0.3) is 10.2 Å². The van der Waals surface area contributed by atoms with E-state index >= 15 is 0 Å². The number of phenolic OH excluding ortho intramolecular Hbond substituents is 2. The second kappa shape index (κ2) is 6.41. The molecule has 0 atom stereocenters. The van der Waals surface area contributed by atoms with Crippen molar-refractivity contribution in [1.29, 1.82) is 0 Å². The Bertz CT molecular complexity index is 951. The summed E-state index contributed by atoms with van der Waals surface area (Å²) < 4.78 is 0. The number of benzene rings is 1. The van der Waals surface area contributed by atoms with Crippen LogP contribution in [0.5, 0.6) is 11.5 Å². The van der Waals surface area contributed by atoms with Crippen molar-refractivity contribution in [2.75, 3.05) is 5.75 Å². The lowest BCUT2D eigenvalue weighted by Crippen LogP contribution is -2.03. The first-order valence-electron chi connectivity index (χ1n) is 7.29. The number of thiophene rings is 1. The first kappa shape index (κ1) is 16.7. The Labute approximate surface area is 147 Å². The summed E-state index contributed by atoms with van der Waals surface area (Å²) in [5.74, 6) is -0.537. The van der Waals surface area contributed by atoms with Crippen molar-refractivity contribution in [1.82, 2.24) is 9.97 Å². The molecule has 3 aromatic rings. The summed E-state index contributed by atoms with van der Waals surface area (Å²) in [5.41, 5.74) is 2.47. The maximum atomic E-state index is 12.2. The average Bonchev–Trinajstić information content (AvgIpc) is 2.82. The van der Waals surface area contributed by atoms with Gasteiger partial charge in [-0.3, -0.25) is 4.79 Å². The summed E-state index contributed by atoms with van der Waals surface area (Å²) in [6, 6.07) is 4.05. The number of carbonyl (C=O) groups is 1. The van der Waals surface area contributed by atoms with Gasteiger partial charge in [-0.15, -0.1) is 11.3 Å². The van der Waals surface area contributed by atoms with Crippen LogP contribution < -0.4 is 0 Å². The average molecular weight is 360 g/mol. The van der Waals surface area contributed by atoms with E-state index in [4.69, 9.17) is 0 Å². The molecule has 0 bridgehead atoms. The highest BCUT2D eigenvalue weighted by atomic mass is 32.2. The van der Waals surface area contributed by atoms with Gasteiger partial charge in [0.1, 0.15) is 4.83 Å². The molecule has 24 heavy (non-hydrogen) atoms. The summed E-state index contributed by atoms with van der Waals surface area (Å²) >= 11 is 2.90. The molecular weight excluding hydrogens is 344 g/mol. The van der Waals surface area contributed by atoms with Crippen LogP contribution in [0.1, 0.15) is 26.5 Å². The van der Waals surface area contributed by atoms with Gasteiger partial charge in [-0.05, 0) is 44.5 Å². The number of phenols is 2. The molecule has 7 heteroatoms. The fraction of sp³-hybridized carbons (Fsp3) is 0.235. The number of carbonyl (C=O) groups excluding carboxylic acids is 1. The van der Waals surface area contributed by atoms with Crippen LogP contribution in [0.3, 0.4) is 0 Å². The number of aromatic nitrogens is 2. The number of hydrogen-bond acceptors (Lipinski definition) is 7. The summed E-state index contributed by atoms with van der Waals surface area (Å²) in [5, 5.41) is 20.4. The van der Waals surface area contributed by atoms with Crippen molar-refractivity contribution in [3.05, 3.63) is 39.9 Å². The standard InChI is InChI=1S/C17H16N2O3S2/c1-8-10(3)24-16-15(8)9(2)18-17(19-16)23-7-14(22)11-4-5-12(20)13(21)6-11/h4-6,20-21H,7H2,1-3H3. The lowest BCUT2D eigenvalue weighted by molar-refractivity contribution is 0.102. The van der Waals surface area contributed by atoms with Crippen molar-refractivity contribution in [3.8, 4) is 11.5 Å². The van der Waals surface area contributed by atoms with Crippen molar-refractivity contribution in [2.45, 2.75) is 25.9 Å². The van der Waals surface area contributed by atoms with E-state index < -0.39 is 0 Å². The highest BCUT2D eigenvalue weighted by Crippen LogP contribution is 2.32. The van der Waals surface area contributed by atoms with Gasteiger partial charge >= 0.3 is 0 Å². The molecule has 1 aromatic carbocycles. The number of Topliss-reactive ketones (excluding diaryl/α,β-unsaturated/α-hetero) is 1. The highest BCUT2D eigenvalue weighted by molar-refractivity contribution is 7.99. The summed E-state index contributed by atoms with van der Waals surface area (Å²) in [7, 11) is 0. The lowest BCUT2D eigenvalue weighted by Gasteiger charge is -2.04. The van der Waals surface area contributed by atoms with Crippen LogP contribution in [0.15, 0.2) is 23.4 Å². The Balaban J connectivity index is 1.80. The number of ketones is 1. The molecule has 0 saturated carbocycles. The quantitative estimate of drug-likeness (QED) is 0.317. The largest absolute Gasteiger partial charge is 0.504 e. The van der Waals surface area contributed by atoms with Crippen molar-refractivity contribution >= 4 is 39.1 Å². The highest BCUT2D eigenvalue weighted by Gasteiger charge is 2.14. The minimum Gasteiger partial charge on any atom is -0.504 e. The first-order chi connectivity index (χ1) is 11.4. The van der Waals surface area contributed by atoms with Crippen LogP contribution in [0.4, 0.5) is 0 Å². The molecule has 0 saturated heterocycles. The Morgan fingerprint density at radius 2 is 1.92 bits per heavy atom. The molecule has 0 fully saturated rings. The van der Waals surface area contributed by atoms with Gasteiger partial charge < -0.3 is 10.2 Å². The predicted molar refractivity (Wildman–Crippen MR) is 96.5 cm³/mol. The molecule has 0 aliphatic rings. The zero-order chi connectivity index (χ0) is 17.4. The number of aromatic hydroxyl groups is 2. The summed E-state index contributed by atoms with van der Waals surface area (Å²) in [6.45, 7) is 6.08. The van der Waals surface area contributed by atoms with Crippen LogP contribution in [-0.2, 0) is 0 Å². The van der Waals surface area contributed by atoms with Crippen LogP contribution >= 0.6 is 23.1 Å². The van der Waals surface area contributed by atoms with Gasteiger partial charge in [0.25, 0.3) is 0 Å². The molecule has 124 valence electrons. The monoisotopic (exact) mass is 360 g/mol. The second-order valence-corrected chi connectivity index (χ2v) is 7.62. The summed E-state index contributed by atoms with van der Waals surface area (Å²) in [4.78, 5) is 23.4. The normalized spacial score (nSPS) is 11.1. The lowest BCUT2D eigenvalue weighted by atomic mass is 10.1. The van der Waals surface area contributed by atoms with Gasteiger partial charge in [0.15, 0.2) is 22.4 Å². The molecule has 5 nitrogen and oxygen atoms in total. The molecule has 2 aromatic heterocycles. The van der Waals surface area contributed by atoms with E-state index in [9.17, 15) is 15.0 Å². The fourth-order valence-corrected chi connectivity index (χ4v) is 4.32. The smallest absolute Gasteiger partial charge is 0.189 e. The van der Waals surface area contributed by atoms with E-state index in [-0.39, 0.29) is 23.0 Å². The molecule has 0 spiro atoms. The minimum atomic E-state index is -0.302. The molecule has 0 unspecified atom stereocenters. The van der Waals surface area contributed by atoms with E-state index in [1.807, 2.05) is 6.92 Å². The number of nitrogens with zero attached hydrogens (tertiary/aromatic N) is 2. The van der Waals surface area contributed by atoms with E-state index in [2.05, 4.69) is 23.8 Å². The Morgan fingerprint density at radius 3 is 2.62 bits per heavy atom. The van der Waals surface area contributed by atoms with Crippen LogP contribution in [0, 0.1) is 20.8 Å². The minimum absolute atomic E-state index is 0.157. The first-order valence-corrected chi connectivity index (χ1v) is 9.09. The maximum Gasteiger partial charge on any atom is 0.189 e. The summed E-state index contributed by atoms with van der Waals surface area (Å²) in [6.07, 6.45) is 0. The Hall–Kier alpha value is -2.12. The van der Waals surface area contributed by atoms with Gasteiger partial charge in [0.05, 0.1) is 11.4 Å². The van der Waals surface area contributed by atoms with Crippen LogP contribution in [0.2, 0.25) is 0 Å². The topological polar surface area (TPSA) is 83.3 Å². The number of thioether (sulfide) groups is 1. The molecule has 3 rings (SSSR count). The number of aryl methyl sites for hydroxylation is 3. The molecular formula is C17H16N2O3S2. The number of hydrogen-bond donors (Lipinski definition) is 2. The van der Waals surface area contributed by atoms with Gasteiger partial charge in [-0.25, -0.2) is 9.97 Å². The van der Waals surface area contributed by atoms with E-state index in [1.54, 1.807) is 11.3 Å². The molecule has 2 N–H and O–H groups in total. The van der Waals surface area contributed by atoms with Crippen molar-refractivity contribution < 1.29 is 15.0 Å². The molecule has 0 amide bonds. The molecule has 2 heterocycles. The zero-order valence-corrected chi connectivity index (χ0v) is 15.1. The van der Waals surface area contributed by atoms with Gasteiger partial charge in [0.2, 0.25) is 0 Å². The zero-order valence-electron chi connectivity index (χ0n) is 13.5. The van der Waals surface area contributed by atoms with Gasteiger partial charge in [-0.2, -0.15) is 0 Å². The van der Waals surface area contributed by atoms with E-state index in [0.29, 0.717) is 10.7 Å². The fourth-order valence-electron chi connectivity index (χ4n) is 2.40. The third kappa shape index (κ3) is 3.09. The second-order valence-electron chi connectivity index (χ2n) is 5.47. The Kier molecular flexibility index (Phi) is 4.47. The van der Waals surface area contributed by atoms with Gasteiger partial charge in [-0.1, -0.05) is 11.8 Å². The van der Waals surface area contributed by atoms with Gasteiger partial charge in [0, 0.05) is 15.8 Å². The predicted octanol–water partition coefficient (Wildman–Crippen LogP) is 4.00. The van der Waals surface area contributed by atoms with E-state index in [1.165, 1.54) is 40.4 Å².